The Hall–Kier alpha value is -2.56. The largest absolute Gasteiger partial charge is 0.361 e. The van der Waals surface area contributed by atoms with Crippen LogP contribution in [0.3, 0.4) is 0 Å². The van der Waals surface area contributed by atoms with Crippen molar-refractivity contribution in [2.75, 3.05) is 23.3 Å². The van der Waals surface area contributed by atoms with E-state index in [1.807, 2.05) is 12.3 Å². The van der Waals surface area contributed by atoms with Crippen LogP contribution < -0.4 is 10.2 Å². The number of nitrogens with zero attached hydrogens (tertiary/aromatic N) is 3. The second-order valence-electron chi connectivity index (χ2n) is 5.87. The summed E-state index contributed by atoms with van der Waals surface area (Å²) in [5.74, 6) is 1.65. The first kappa shape index (κ1) is 16.3. The summed E-state index contributed by atoms with van der Waals surface area (Å²) in [7, 11) is 0. The summed E-state index contributed by atoms with van der Waals surface area (Å²) < 4.78 is 0. The Morgan fingerprint density at radius 3 is 2.62 bits per heavy atom. The summed E-state index contributed by atoms with van der Waals surface area (Å²) in [4.78, 5) is 14.9. The normalized spacial score (nSPS) is 11.0. The number of nitrogens with one attached hydrogen (secondary N) is 2. The van der Waals surface area contributed by atoms with Gasteiger partial charge >= 0.3 is 0 Å². The first-order chi connectivity index (χ1) is 11.7. The van der Waals surface area contributed by atoms with Crippen LogP contribution in [0.5, 0.6) is 0 Å². The van der Waals surface area contributed by atoms with E-state index >= 15 is 0 Å². The van der Waals surface area contributed by atoms with Gasteiger partial charge in [0.15, 0.2) is 0 Å². The van der Waals surface area contributed by atoms with Gasteiger partial charge in [0.25, 0.3) is 0 Å². The molecule has 0 unspecified atom stereocenters. The molecule has 3 rings (SSSR count). The van der Waals surface area contributed by atoms with Crippen molar-refractivity contribution in [3.05, 3.63) is 42.2 Å². The van der Waals surface area contributed by atoms with Crippen LogP contribution in [0.15, 0.2) is 36.5 Å². The van der Waals surface area contributed by atoms with E-state index in [-0.39, 0.29) is 0 Å². The van der Waals surface area contributed by atoms with Gasteiger partial charge in [-0.15, -0.1) is 0 Å². The van der Waals surface area contributed by atoms with E-state index in [2.05, 4.69) is 65.2 Å². The highest BCUT2D eigenvalue weighted by atomic mass is 15.2. The van der Waals surface area contributed by atoms with Gasteiger partial charge in [0.1, 0.15) is 5.82 Å². The van der Waals surface area contributed by atoms with Gasteiger partial charge in [-0.3, -0.25) is 0 Å². The van der Waals surface area contributed by atoms with E-state index in [0.717, 1.165) is 48.6 Å². The van der Waals surface area contributed by atoms with E-state index in [1.165, 1.54) is 5.39 Å². The third kappa shape index (κ3) is 3.50. The molecule has 0 aliphatic heterocycles. The van der Waals surface area contributed by atoms with E-state index in [0.29, 0.717) is 5.95 Å². The number of anilines is 3. The van der Waals surface area contributed by atoms with Crippen LogP contribution in [0, 0.1) is 0 Å². The number of aryl methyl sites for hydroxylation is 1. The Kier molecular flexibility index (Phi) is 4.99. The molecule has 2 aromatic heterocycles. The standard InChI is InChI=1S/C19H25N5/c1-4-7-15-13-18(24(5-2)6-3)23-19(21-15)22-16-8-9-17-14(12-16)10-11-20-17/h8-13,20H,4-7H2,1-3H3,(H,21,22,23). The molecule has 0 spiro atoms. The molecule has 0 saturated heterocycles. The Balaban J connectivity index is 1.92. The van der Waals surface area contributed by atoms with Crippen molar-refractivity contribution in [3.8, 4) is 0 Å². The maximum atomic E-state index is 4.72. The molecule has 0 atom stereocenters. The van der Waals surface area contributed by atoms with Gasteiger partial charge in [0.2, 0.25) is 5.95 Å². The van der Waals surface area contributed by atoms with Crippen LogP contribution in [0.25, 0.3) is 10.9 Å². The van der Waals surface area contributed by atoms with Crippen molar-refractivity contribution in [1.82, 2.24) is 15.0 Å². The highest BCUT2D eigenvalue weighted by Gasteiger charge is 2.09. The molecule has 5 nitrogen and oxygen atoms in total. The molecule has 3 aromatic rings. The molecule has 0 aliphatic carbocycles. The Morgan fingerprint density at radius 1 is 1.04 bits per heavy atom. The first-order valence-electron chi connectivity index (χ1n) is 8.70. The molecule has 0 bridgehead atoms. The number of benzene rings is 1. The summed E-state index contributed by atoms with van der Waals surface area (Å²) in [5.41, 5.74) is 3.21. The van der Waals surface area contributed by atoms with Crippen LogP contribution in [0.4, 0.5) is 17.5 Å². The van der Waals surface area contributed by atoms with Crippen LogP contribution >= 0.6 is 0 Å². The summed E-state index contributed by atoms with van der Waals surface area (Å²) in [6, 6.07) is 10.4. The zero-order valence-electron chi connectivity index (χ0n) is 14.6. The van der Waals surface area contributed by atoms with Crippen molar-refractivity contribution in [2.45, 2.75) is 33.6 Å². The second-order valence-corrected chi connectivity index (χ2v) is 5.87. The van der Waals surface area contributed by atoms with Crippen molar-refractivity contribution < 1.29 is 0 Å². The summed E-state index contributed by atoms with van der Waals surface area (Å²) in [6.07, 6.45) is 3.98. The van der Waals surface area contributed by atoms with E-state index in [9.17, 15) is 0 Å². The van der Waals surface area contributed by atoms with Crippen LogP contribution in [0.1, 0.15) is 32.9 Å². The molecule has 126 valence electrons. The highest BCUT2D eigenvalue weighted by Crippen LogP contribution is 2.22. The fourth-order valence-electron chi connectivity index (χ4n) is 2.89. The SMILES string of the molecule is CCCc1cc(N(CC)CC)nc(Nc2ccc3[nH]ccc3c2)n1. The first-order valence-corrected chi connectivity index (χ1v) is 8.70. The lowest BCUT2D eigenvalue weighted by molar-refractivity contribution is 0.824. The Bertz CT molecular complexity index is 804. The molecule has 5 heteroatoms. The number of hydrogen-bond donors (Lipinski definition) is 2. The molecular weight excluding hydrogens is 298 g/mol. The lowest BCUT2D eigenvalue weighted by atomic mass is 10.2. The van der Waals surface area contributed by atoms with Gasteiger partial charge < -0.3 is 15.2 Å². The van der Waals surface area contributed by atoms with Crippen LogP contribution in [0.2, 0.25) is 0 Å². The average molecular weight is 323 g/mol. The second kappa shape index (κ2) is 7.34. The Labute approximate surface area is 143 Å². The molecule has 0 fully saturated rings. The molecule has 0 saturated carbocycles. The predicted molar refractivity (Wildman–Crippen MR) is 101 cm³/mol. The molecule has 2 N–H and O–H groups in total. The van der Waals surface area contributed by atoms with Crippen molar-refractivity contribution >= 4 is 28.4 Å². The topological polar surface area (TPSA) is 56.8 Å². The number of H-pyrrole nitrogens is 1. The van der Waals surface area contributed by atoms with E-state index in [4.69, 9.17) is 4.98 Å². The summed E-state index contributed by atoms with van der Waals surface area (Å²) >= 11 is 0. The minimum atomic E-state index is 0.665. The average Bonchev–Trinajstić information content (AvgIpc) is 3.04. The lowest BCUT2D eigenvalue weighted by Gasteiger charge is -2.21. The van der Waals surface area contributed by atoms with Crippen LogP contribution in [-0.4, -0.2) is 28.0 Å². The smallest absolute Gasteiger partial charge is 0.229 e. The monoisotopic (exact) mass is 323 g/mol. The highest BCUT2D eigenvalue weighted by molar-refractivity contribution is 5.83. The van der Waals surface area contributed by atoms with Crippen molar-refractivity contribution in [2.24, 2.45) is 0 Å². The third-order valence-corrected chi connectivity index (χ3v) is 4.17. The molecule has 0 radical (unpaired) electrons. The number of aromatic nitrogens is 3. The molecule has 2 heterocycles. The van der Waals surface area contributed by atoms with Crippen molar-refractivity contribution in [1.29, 1.82) is 0 Å². The zero-order valence-corrected chi connectivity index (χ0v) is 14.6. The minimum Gasteiger partial charge on any atom is -0.361 e. The molecular formula is C19H25N5. The molecule has 0 aliphatic rings. The lowest BCUT2D eigenvalue weighted by Crippen LogP contribution is -2.23. The third-order valence-electron chi connectivity index (χ3n) is 4.17. The zero-order chi connectivity index (χ0) is 16.9. The van der Waals surface area contributed by atoms with Gasteiger partial charge in [-0.05, 0) is 44.5 Å². The van der Waals surface area contributed by atoms with Gasteiger partial charge in [-0.25, -0.2) is 4.98 Å². The minimum absolute atomic E-state index is 0.665. The van der Waals surface area contributed by atoms with E-state index in [1.54, 1.807) is 0 Å². The maximum Gasteiger partial charge on any atom is 0.229 e. The number of fused-ring (bicyclic) bond motifs is 1. The predicted octanol–water partition coefficient (Wildman–Crippen LogP) is 4.50. The van der Waals surface area contributed by atoms with Crippen LogP contribution in [-0.2, 0) is 6.42 Å². The van der Waals surface area contributed by atoms with E-state index < -0.39 is 0 Å². The van der Waals surface area contributed by atoms with Gasteiger partial charge in [-0.1, -0.05) is 13.3 Å². The van der Waals surface area contributed by atoms with Gasteiger partial charge in [0.05, 0.1) is 0 Å². The Morgan fingerprint density at radius 2 is 1.88 bits per heavy atom. The molecule has 0 amide bonds. The molecule has 24 heavy (non-hydrogen) atoms. The van der Waals surface area contributed by atoms with Crippen molar-refractivity contribution in [3.63, 3.8) is 0 Å². The van der Waals surface area contributed by atoms with Gasteiger partial charge in [0, 0.05) is 47.6 Å². The quantitative estimate of drug-likeness (QED) is 0.672. The fraction of sp³-hybridized carbons (Fsp3) is 0.368. The fourth-order valence-corrected chi connectivity index (χ4v) is 2.89. The maximum absolute atomic E-state index is 4.72. The summed E-state index contributed by atoms with van der Waals surface area (Å²) in [6.45, 7) is 8.35. The number of aromatic amines is 1. The molecule has 1 aromatic carbocycles. The van der Waals surface area contributed by atoms with Gasteiger partial charge in [-0.2, -0.15) is 4.98 Å². The summed E-state index contributed by atoms with van der Waals surface area (Å²) in [5, 5.41) is 4.54. The number of hydrogen-bond acceptors (Lipinski definition) is 4. The number of rotatable bonds is 7.